The number of rotatable bonds is 6. The monoisotopic (exact) mass is 307 g/mol. The molecule has 0 unspecified atom stereocenters. The molecule has 0 bridgehead atoms. The largest absolute Gasteiger partial charge is 0.494 e. The molecule has 1 saturated heterocycles. The topological polar surface area (TPSA) is 117 Å². The molecule has 0 spiro atoms. The van der Waals surface area contributed by atoms with Crippen LogP contribution in [0.3, 0.4) is 0 Å². The fourth-order valence-corrected chi connectivity index (χ4v) is 2.38. The normalized spacial score (nSPS) is 20.6. The Bertz CT molecular complexity index is 562. The van der Waals surface area contributed by atoms with Gasteiger partial charge in [-0.15, -0.1) is 0 Å². The summed E-state index contributed by atoms with van der Waals surface area (Å²) in [5.41, 5.74) is 11.4. The van der Waals surface area contributed by atoms with Crippen molar-refractivity contribution in [3.8, 4) is 5.75 Å². The van der Waals surface area contributed by atoms with E-state index in [0.29, 0.717) is 31.0 Å². The first kappa shape index (κ1) is 16.3. The summed E-state index contributed by atoms with van der Waals surface area (Å²) in [4.78, 5) is 23.7. The molecule has 0 radical (unpaired) electrons. The smallest absolute Gasteiger partial charge is 0.253 e. The van der Waals surface area contributed by atoms with E-state index in [-0.39, 0.29) is 17.6 Å². The Labute approximate surface area is 128 Å². The van der Waals surface area contributed by atoms with Crippen molar-refractivity contribution in [2.45, 2.75) is 32.0 Å². The van der Waals surface area contributed by atoms with Crippen molar-refractivity contribution in [2.75, 3.05) is 18.5 Å². The lowest BCUT2D eigenvalue weighted by Crippen LogP contribution is -2.30. The van der Waals surface area contributed by atoms with Gasteiger partial charge in [0.1, 0.15) is 11.9 Å². The van der Waals surface area contributed by atoms with Gasteiger partial charge < -0.3 is 26.3 Å². The van der Waals surface area contributed by atoms with Gasteiger partial charge in [-0.25, -0.2) is 0 Å². The van der Waals surface area contributed by atoms with Crippen LogP contribution in [0.5, 0.6) is 5.75 Å². The predicted octanol–water partition coefficient (Wildman–Crippen LogP) is 0.629. The highest BCUT2D eigenvalue weighted by Crippen LogP contribution is 2.24. The molecule has 7 nitrogen and oxygen atoms in total. The molecule has 5 N–H and O–H groups in total. The van der Waals surface area contributed by atoms with Crippen molar-refractivity contribution in [1.29, 1.82) is 0 Å². The molecular weight excluding hydrogens is 286 g/mol. The number of nitrogens with one attached hydrogen (secondary N) is 1. The average molecular weight is 307 g/mol. The molecule has 1 aliphatic heterocycles. The fraction of sp³-hybridized carbons (Fsp3) is 0.467. The second kappa shape index (κ2) is 7.24. The zero-order valence-corrected chi connectivity index (χ0v) is 12.5. The Morgan fingerprint density at radius 1 is 1.41 bits per heavy atom. The molecule has 0 saturated carbocycles. The highest BCUT2D eigenvalue weighted by Gasteiger charge is 2.30. The minimum Gasteiger partial charge on any atom is -0.494 e. The van der Waals surface area contributed by atoms with Gasteiger partial charge in [-0.05, 0) is 38.0 Å². The van der Waals surface area contributed by atoms with Gasteiger partial charge in [0.05, 0.1) is 24.0 Å². The average Bonchev–Trinajstić information content (AvgIpc) is 2.98. The molecule has 2 rings (SSSR count). The van der Waals surface area contributed by atoms with Gasteiger partial charge in [0.15, 0.2) is 0 Å². The second-order valence-electron chi connectivity index (χ2n) is 5.05. The molecule has 1 heterocycles. The van der Waals surface area contributed by atoms with Gasteiger partial charge in [0, 0.05) is 6.54 Å². The van der Waals surface area contributed by atoms with E-state index in [4.69, 9.17) is 20.9 Å². The van der Waals surface area contributed by atoms with Crippen molar-refractivity contribution >= 4 is 17.5 Å². The first-order valence-corrected chi connectivity index (χ1v) is 7.28. The summed E-state index contributed by atoms with van der Waals surface area (Å²) in [5, 5.41) is 2.69. The lowest BCUT2D eigenvalue weighted by atomic mass is 10.1. The minimum atomic E-state index is -0.635. The van der Waals surface area contributed by atoms with Crippen LogP contribution in [0.25, 0.3) is 0 Å². The molecule has 120 valence electrons. The fourth-order valence-electron chi connectivity index (χ4n) is 2.38. The van der Waals surface area contributed by atoms with E-state index in [2.05, 4.69) is 5.32 Å². The number of hydrogen-bond donors (Lipinski definition) is 3. The molecule has 0 aliphatic carbocycles. The Hall–Kier alpha value is -2.12. The third-order valence-corrected chi connectivity index (χ3v) is 3.49. The molecule has 22 heavy (non-hydrogen) atoms. The Balaban J connectivity index is 2.11. The number of carbonyl (C=O) groups excluding carboxylic acids is 2. The van der Waals surface area contributed by atoms with Crippen molar-refractivity contribution in [1.82, 2.24) is 0 Å². The Morgan fingerprint density at radius 3 is 2.77 bits per heavy atom. The van der Waals surface area contributed by atoms with Gasteiger partial charge in [0.25, 0.3) is 11.8 Å². The second-order valence-corrected chi connectivity index (χ2v) is 5.05. The molecule has 2 atom stereocenters. The maximum atomic E-state index is 12.2. The zero-order chi connectivity index (χ0) is 16.1. The molecule has 7 heteroatoms. The molecule has 1 aromatic rings. The van der Waals surface area contributed by atoms with Crippen LogP contribution in [0.2, 0.25) is 0 Å². The molecule has 2 amide bonds. The zero-order valence-electron chi connectivity index (χ0n) is 12.5. The van der Waals surface area contributed by atoms with Gasteiger partial charge in [-0.1, -0.05) is 0 Å². The van der Waals surface area contributed by atoms with E-state index in [0.717, 1.165) is 6.42 Å². The Morgan fingerprint density at radius 2 is 2.18 bits per heavy atom. The highest BCUT2D eigenvalue weighted by molar-refractivity contribution is 6.04. The van der Waals surface area contributed by atoms with Crippen LogP contribution < -0.4 is 21.5 Å². The summed E-state index contributed by atoms with van der Waals surface area (Å²) >= 11 is 0. The molecule has 1 aliphatic rings. The maximum absolute atomic E-state index is 12.2. The lowest BCUT2D eigenvalue weighted by molar-refractivity contribution is -0.126. The van der Waals surface area contributed by atoms with Gasteiger partial charge in [-0.2, -0.15) is 0 Å². The summed E-state index contributed by atoms with van der Waals surface area (Å²) in [6.07, 6.45) is 0.713. The van der Waals surface area contributed by atoms with E-state index in [1.165, 1.54) is 6.07 Å². The van der Waals surface area contributed by atoms with E-state index >= 15 is 0 Å². The number of carbonyl (C=O) groups is 2. The summed E-state index contributed by atoms with van der Waals surface area (Å²) < 4.78 is 10.9. The quantitative estimate of drug-likeness (QED) is 0.712. The standard InChI is InChI=1S/C15H21N3O4/c1-2-21-9-3-5-12(11(7-9)14(17)19)18-15(20)13-6-4-10(8-16)22-13/h3,5,7,10,13H,2,4,6,8,16H2,1H3,(H2,17,19)(H,18,20)/t10-,13+/m1/s1. The van der Waals surface area contributed by atoms with Crippen LogP contribution in [0, 0.1) is 0 Å². The SMILES string of the molecule is CCOc1ccc(NC(=O)[C@@H]2CC[C@H](CN)O2)c(C(N)=O)c1. The summed E-state index contributed by atoms with van der Waals surface area (Å²) in [6.45, 7) is 2.70. The predicted molar refractivity (Wildman–Crippen MR) is 81.7 cm³/mol. The first-order valence-electron chi connectivity index (χ1n) is 7.28. The summed E-state index contributed by atoms with van der Waals surface area (Å²) in [6, 6.07) is 4.78. The van der Waals surface area contributed by atoms with Crippen molar-refractivity contribution in [3.63, 3.8) is 0 Å². The number of anilines is 1. The van der Waals surface area contributed by atoms with E-state index < -0.39 is 12.0 Å². The van der Waals surface area contributed by atoms with Crippen LogP contribution in [-0.2, 0) is 9.53 Å². The van der Waals surface area contributed by atoms with Gasteiger partial charge >= 0.3 is 0 Å². The number of ether oxygens (including phenoxy) is 2. The van der Waals surface area contributed by atoms with Crippen molar-refractivity contribution in [3.05, 3.63) is 23.8 Å². The molecule has 1 aromatic carbocycles. The van der Waals surface area contributed by atoms with Crippen LogP contribution in [-0.4, -0.2) is 37.2 Å². The number of nitrogens with two attached hydrogens (primary N) is 2. The molecule has 1 fully saturated rings. The minimum absolute atomic E-state index is 0.0910. The van der Waals surface area contributed by atoms with Crippen LogP contribution in [0.1, 0.15) is 30.1 Å². The van der Waals surface area contributed by atoms with E-state index in [9.17, 15) is 9.59 Å². The highest BCUT2D eigenvalue weighted by atomic mass is 16.5. The molecular formula is C15H21N3O4. The Kier molecular flexibility index (Phi) is 5.35. The van der Waals surface area contributed by atoms with E-state index in [1.54, 1.807) is 12.1 Å². The maximum Gasteiger partial charge on any atom is 0.253 e. The van der Waals surface area contributed by atoms with Crippen molar-refractivity contribution in [2.24, 2.45) is 11.5 Å². The third-order valence-electron chi connectivity index (χ3n) is 3.49. The van der Waals surface area contributed by atoms with Gasteiger partial charge in [0.2, 0.25) is 0 Å². The van der Waals surface area contributed by atoms with Crippen LogP contribution >= 0.6 is 0 Å². The lowest BCUT2D eigenvalue weighted by Gasteiger charge is -2.15. The number of primary amides is 1. The van der Waals surface area contributed by atoms with Crippen molar-refractivity contribution < 1.29 is 19.1 Å². The third kappa shape index (κ3) is 3.75. The van der Waals surface area contributed by atoms with Crippen LogP contribution in [0.15, 0.2) is 18.2 Å². The van der Waals surface area contributed by atoms with E-state index in [1.807, 2.05) is 6.92 Å². The number of benzene rings is 1. The molecule has 0 aromatic heterocycles. The summed E-state index contributed by atoms with van der Waals surface area (Å²) in [5.74, 6) is -0.416. The number of amides is 2. The van der Waals surface area contributed by atoms with Gasteiger partial charge in [-0.3, -0.25) is 9.59 Å². The van der Waals surface area contributed by atoms with Crippen LogP contribution in [0.4, 0.5) is 5.69 Å². The summed E-state index contributed by atoms with van der Waals surface area (Å²) in [7, 11) is 0. The first-order chi connectivity index (χ1) is 10.5. The number of hydrogen-bond acceptors (Lipinski definition) is 5.